The molecule has 176 valence electrons. The third-order valence-electron chi connectivity index (χ3n) is 4.81. The van der Waals surface area contributed by atoms with Gasteiger partial charge in [-0.15, -0.1) is 0 Å². The fourth-order valence-electron chi connectivity index (χ4n) is 3.51. The summed E-state index contributed by atoms with van der Waals surface area (Å²) >= 11 is 0. The molecule has 1 aliphatic rings. The van der Waals surface area contributed by atoms with Crippen molar-refractivity contribution in [1.82, 2.24) is 5.32 Å². The summed E-state index contributed by atoms with van der Waals surface area (Å²) in [6.07, 6.45) is -0.655. The van der Waals surface area contributed by atoms with E-state index in [0.717, 1.165) is 0 Å². The first-order valence-electron chi connectivity index (χ1n) is 10.5. The lowest BCUT2D eigenvalue weighted by molar-refractivity contribution is -0.143. The SMILES string of the molecule is COCCOC(=O)C1=C(C)NC(C)=C(C(=O)OC(C)C)C1c1cccc(NC(=O)CC#N)c1. The maximum atomic E-state index is 13.1. The monoisotopic (exact) mass is 455 g/mol. The van der Waals surface area contributed by atoms with Crippen molar-refractivity contribution < 1.29 is 28.6 Å². The highest BCUT2D eigenvalue weighted by atomic mass is 16.6. The first-order valence-corrected chi connectivity index (χ1v) is 10.5. The Morgan fingerprint density at radius 3 is 2.39 bits per heavy atom. The van der Waals surface area contributed by atoms with Gasteiger partial charge in [0, 0.05) is 24.2 Å². The fraction of sp³-hybridized carbons (Fsp3) is 0.417. The van der Waals surface area contributed by atoms with Crippen molar-refractivity contribution in [1.29, 1.82) is 5.26 Å². The third kappa shape index (κ3) is 6.67. The molecule has 0 saturated carbocycles. The number of esters is 2. The van der Waals surface area contributed by atoms with Crippen molar-refractivity contribution in [2.75, 3.05) is 25.6 Å². The van der Waals surface area contributed by atoms with Gasteiger partial charge < -0.3 is 24.8 Å². The van der Waals surface area contributed by atoms with Crippen LogP contribution in [0.2, 0.25) is 0 Å². The standard InChI is InChI=1S/C24H29N3O6/c1-14(2)33-24(30)21-16(4)26-15(3)20(23(29)32-12-11-31-5)22(21)17-7-6-8-18(13-17)27-19(28)9-10-25/h6-8,13-14,22,26H,9,11-12H2,1-5H3,(H,27,28). The fourth-order valence-corrected chi connectivity index (χ4v) is 3.51. The molecule has 1 aromatic carbocycles. The van der Waals surface area contributed by atoms with Crippen molar-refractivity contribution in [3.8, 4) is 6.07 Å². The second kappa shape index (κ2) is 11.8. The highest BCUT2D eigenvalue weighted by molar-refractivity contribution is 6.00. The number of benzene rings is 1. The minimum absolute atomic E-state index is 0.0531. The van der Waals surface area contributed by atoms with Gasteiger partial charge in [0.1, 0.15) is 13.0 Å². The van der Waals surface area contributed by atoms with Gasteiger partial charge in [0.25, 0.3) is 0 Å². The predicted molar refractivity (Wildman–Crippen MR) is 121 cm³/mol. The smallest absolute Gasteiger partial charge is 0.337 e. The van der Waals surface area contributed by atoms with Crippen LogP contribution < -0.4 is 10.6 Å². The zero-order valence-electron chi connectivity index (χ0n) is 19.5. The third-order valence-corrected chi connectivity index (χ3v) is 4.81. The lowest BCUT2D eigenvalue weighted by Gasteiger charge is -2.31. The summed E-state index contributed by atoms with van der Waals surface area (Å²) < 4.78 is 15.8. The zero-order chi connectivity index (χ0) is 24.5. The van der Waals surface area contributed by atoms with Gasteiger partial charge in [-0.2, -0.15) is 5.26 Å². The van der Waals surface area contributed by atoms with E-state index in [1.54, 1.807) is 58.0 Å². The molecule has 1 amide bonds. The van der Waals surface area contributed by atoms with E-state index in [0.29, 0.717) is 22.6 Å². The molecular formula is C24H29N3O6. The molecule has 2 N–H and O–H groups in total. The number of amides is 1. The Balaban J connectivity index is 2.56. The van der Waals surface area contributed by atoms with E-state index in [4.69, 9.17) is 19.5 Å². The summed E-state index contributed by atoms with van der Waals surface area (Å²) in [6, 6.07) is 8.57. The van der Waals surface area contributed by atoms with Crippen molar-refractivity contribution in [2.24, 2.45) is 0 Å². The van der Waals surface area contributed by atoms with E-state index in [1.807, 2.05) is 0 Å². The van der Waals surface area contributed by atoms with Gasteiger partial charge in [0.2, 0.25) is 5.91 Å². The predicted octanol–water partition coefficient (Wildman–Crippen LogP) is 2.91. The van der Waals surface area contributed by atoms with Crippen LogP contribution in [0.1, 0.15) is 45.6 Å². The van der Waals surface area contributed by atoms with Gasteiger partial charge in [-0.05, 0) is 45.4 Å². The Bertz CT molecular complexity index is 1020. The molecule has 0 aliphatic carbocycles. The number of nitriles is 1. The minimum atomic E-state index is -0.791. The van der Waals surface area contributed by atoms with E-state index >= 15 is 0 Å². The first kappa shape index (κ1) is 25.6. The number of rotatable bonds is 9. The second-order valence-electron chi connectivity index (χ2n) is 7.73. The Morgan fingerprint density at radius 1 is 1.12 bits per heavy atom. The highest BCUT2D eigenvalue weighted by Gasteiger charge is 2.38. The molecule has 0 bridgehead atoms. The van der Waals surface area contributed by atoms with Crippen LogP contribution in [0, 0.1) is 11.3 Å². The van der Waals surface area contributed by atoms with Crippen LogP contribution in [0.15, 0.2) is 46.8 Å². The van der Waals surface area contributed by atoms with E-state index in [2.05, 4.69) is 10.6 Å². The molecule has 33 heavy (non-hydrogen) atoms. The zero-order valence-corrected chi connectivity index (χ0v) is 19.5. The Kier molecular flexibility index (Phi) is 9.18. The van der Waals surface area contributed by atoms with Crippen molar-refractivity contribution in [2.45, 2.75) is 46.1 Å². The van der Waals surface area contributed by atoms with Gasteiger partial charge in [-0.25, -0.2) is 9.59 Å². The van der Waals surface area contributed by atoms with E-state index < -0.39 is 23.8 Å². The Labute approximate surface area is 193 Å². The van der Waals surface area contributed by atoms with Gasteiger partial charge in [-0.1, -0.05) is 12.1 Å². The summed E-state index contributed by atoms with van der Waals surface area (Å²) in [4.78, 5) is 38.0. The number of dihydropyridines is 1. The molecule has 1 unspecified atom stereocenters. The quantitative estimate of drug-likeness (QED) is 0.430. The van der Waals surface area contributed by atoms with E-state index in [1.165, 1.54) is 7.11 Å². The average Bonchev–Trinajstić information content (AvgIpc) is 2.73. The molecule has 1 heterocycles. The topological polar surface area (TPSA) is 127 Å². The number of anilines is 1. The maximum absolute atomic E-state index is 13.1. The van der Waals surface area contributed by atoms with Crippen molar-refractivity contribution in [3.05, 3.63) is 52.4 Å². The number of hydrogen-bond donors (Lipinski definition) is 2. The maximum Gasteiger partial charge on any atom is 0.337 e. The molecule has 1 atom stereocenters. The Hall–Kier alpha value is -3.64. The van der Waals surface area contributed by atoms with Crippen molar-refractivity contribution >= 4 is 23.5 Å². The van der Waals surface area contributed by atoms with Gasteiger partial charge in [0.15, 0.2) is 0 Å². The number of nitrogens with zero attached hydrogens (tertiary/aromatic N) is 1. The van der Waals surface area contributed by atoms with Crippen LogP contribution in [0.25, 0.3) is 0 Å². The van der Waals surface area contributed by atoms with Crippen LogP contribution in [0.4, 0.5) is 5.69 Å². The molecule has 0 spiro atoms. The molecule has 9 nitrogen and oxygen atoms in total. The van der Waals surface area contributed by atoms with Gasteiger partial charge in [-0.3, -0.25) is 4.79 Å². The molecule has 0 fully saturated rings. The number of carbonyl (C=O) groups is 3. The van der Waals surface area contributed by atoms with Crippen LogP contribution in [0.5, 0.6) is 0 Å². The number of allylic oxidation sites excluding steroid dienone is 2. The number of carbonyl (C=O) groups excluding carboxylic acids is 3. The number of methoxy groups -OCH3 is 1. The number of hydrogen-bond acceptors (Lipinski definition) is 8. The summed E-state index contributed by atoms with van der Waals surface area (Å²) in [5.41, 5.74) is 2.64. The van der Waals surface area contributed by atoms with Crippen LogP contribution in [-0.4, -0.2) is 44.3 Å². The summed E-state index contributed by atoms with van der Waals surface area (Å²) in [5, 5.41) is 14.5. The van der Waals surface area contributed by atoms with Crippen LogP contribution >= 0.6 is 0 Å². The molecular weight excluding hydrogens is 426 g/mol. The van der Waals surface area contributed by atoms with Crippen LogP contribution in [0.3, 0.4) is 0 Å². The van der Waals surface area contributed by atoms with Gasteiger partial charge >= 0.3 is 11.9 Å². The van der Waals surface area contributed by atoms with E-state index in [9.17, 15) is 14.4 Å². The van der Waals surface area contributed by atoms with Gasteiger partial charge in [0.05, 0.1) is 35.8 Å². The van der Waals surface area contributed by atoms with Crippen molar-refractivity contribution in [3.63, 3.8) is 0 Å². The lowest BCUT2D eigenvalue weighted by Crippen LogP contribution is -2.33. The van der Waals surface area contributed by atoms with Crippen LogP contribution in [-0.2, 0) is 28.6 Å². The molecule has 0 aromatic heterocycles. The molecule has 0 radical (unpaired) electrons. The minimum Gasteiger partial charge on any atom is -0.460 e. The number of ether oxygens (including phenoxy) is 3. The normalized spacial score (nSPS) is 15.6. The molecule has 0 saturated heterocycles. The molecule has 2 rings (SSSR count). The largest absolute Gasteiger partial charge is 0.460 e. The molecule has 1 aliphatic heterocycles. The summed E-state index contributed by atoms with van der Waals surface area (Å²) in [5.74, 6) is -2.41. The molecule has 9 heteroatoms. The van der Waals surface area contributed by atoms with E-state index in [-0.39, 0.29) is 36.9 Å². The summed E-state index contributed by atoms with van der Waals surface area (Å²) in [6.45, 7) is 7.23. The molecule has 1 aromatic rings. The first-order chi connectivity index (χ1) is 15.7. The second-order valence-corrected chi connectivity index (χ2v) is 7.73. The Morgan fingerprint density at radius 2 is 1.79 bits per heavy atom. The highest BCUT2D eigenvalue weighted by Crippen LogP contribution is 2.40. The summed E-state index contributed by atoms with van der Waals surface area (Å²) in [7, 11) is 1.50. The average molecular weight is 456 g/mol. The lowest BCUT2D eigenvalue weighted by atomic mass is 9.80. The number of nitrogens with one attached hydrogen (secondary N) is 2.